The Morgan fingerprint density at radius 3 is 2.42 bits per heavy atom. The monoisotopic (exact) mass is 458 g/mol. The smallest absolute Gasteiger partial charge is 0.334 e. The van der Waals surface area contributed by atoms with Crippen molar-refractivity contribution in [1.29, 1.82) is 0 Å². The summed E-state index contributed by atoms with van der Waals surface area (Å²) in [7, 11) is 0. The maximum absolute atomic E-state index is 13.1. The molecule has 33 heavy (non-hydrogen) atoms. The molecule has 0 aromatic carbocycles. The summed E-state index contributed by atoms with van der Waals surface area (Å²) in [5.74, 6) is -2.27. The number of ketones is 1. The Balaban J connectivity index is 2.21. The molecule has 180 valence electrons. The molecule has 0 saturated carbocycles. The molecule has 0 fully saturated rings. The van der Waals surface area contributed by atoms with Gasteiger partial charge in [0.1, 0.15) is 12.2 Å². The molecular weight excluding hydrogens is 424 g/mol. The molecule has 0 aromatic rings. The predicted molar refractivity (Wildman–Crippen MR) is 121 cm³/mol. The van der Waals surface area contributed by atoms with Crippen LogP contribution >= 0.6 is 0 Å². The van der Waals surface area contributed by atoms with Crippen LogP contribution in [0.1, 0.15) is 67.7 Å². The molecule has 3 aliphatic rings. The third-order valence-corrected chi connectivity index (χ3v) is 7.23. The van der Waals surface area contributed by atoms with Crippen LogP contribution in [0.15, 0.2) is 34.4 Å². The quantitative estimate of drug-likeness (QED) is 0.358. The van der Waals surface area contributed by atoms with E-state index in [1.807, 2.05) is 26.8 Å². The number of rotatable bonds is 3. The SMILES string of the molecule is CC(=O)O[C@H]1C(=O)C=C(C)C2CC3=C(C)C(=O)O[C@H]3/C=C(/C)CC[C@@H](OC(=O)C(C)C)[C@]21C. The van der Waals surface area contributed by atoms with Gasteiger partial charge in [0.05, 0.1) is 11.3 Å². The summed E-state index contributed by atoms with van der Waals surface area (Å²) in [6.07, 6.45) is 2.66. The summed E-state index contributed by atoms with van der Waals surface area (Å²) >= 11 is 0. The first-order chi connectivity index (χ1) is 15.4. The predicted octanol–water partition coefficient (Wildman–Crippen LogP) is 4.01. The molecule has 2 aliphatic carbocycles. The minimum absolute atomic E-state index is 0.307. The van der Waals surface area contributed by atoms with Gasteiger partial charge in [-0.1, -0.05) is 31.9 Å². The van der Waals surface area contributed by atoms with Crippen molar-refractivity contribution in [2.24, 2.45) is 17.3 Å². The lowest BCUT2D eigenvalue weighted by atomic mass is 9.59. The standard InChI is InChI=1S/C26H34O7/c1-13(2)24(29)33-22-9-8-14(3)10-21-18(16(5)25(30)32-21)12-19-15(4)11-20(28)23(26(19,22)7)31-17(6)27/h10-11,13,19,21-23H,8-9,12H2,1-7H3/b14-10-/t19?,21-,22+,23-,26-/m0/s1. The fourth-order valence-corrected chi connectivity index (χ4v) is 5.22. The van der Waals surface area contributed by atoms with Crippen molar-refractivity contribution in [3.05, 3.63) is 34.4 Å². The van der Waals surface area contributed by atoms with E-state index >= 15 is 0 Å². The first kappa shape index (κ1) is 24.9. The van der Waals surface area contributed by atoms with Crippen LogP contribution in [0.3, 0.4) is 0 Å². The minimum atomic E-state index is -1.10. The highest BCUT2D eigenvalue weighted by molar-refractivity contribution is 5.97. The molecule has 0 radical (unpaired) electrons. The van der Waals surface area contributed by atoms with Crippen LogP contribution < -0.4 is 0 Å². The minimum Gasteiger partial charge on any atom is -0.461 e. The van der Waals surface area contributed by atoms with E-state index in [1.165, 1.54) is 13.0 Å². The van der Waals surface area contributed by atoms with Gasteiger partial charge < -0.3 is 14.2 Å². The lowest BCUT2D eigenvalue weighted by Crippen LogP contribution is -2.57. The summed E-state index contributed by atoms with van der Waals surface area (Å²) in [6.45, 7) is 12.2. The molecule has 1 unspecified atom stereocenters. The number of carbonyl (C=O) groups is 4. The van der Waals surface area contributed by atoms with Crippen molar-refractivity contribution in [2.75, 3.05) is 0 Å². The van der Waals surface area contributed by atoms with Crippen LogP contribution in [0.4, 0.5) is 0 Å². The van der Waals surface area contributed by atoms with E-state index in [4.69, 9.17) is 14.2 Å². The molecule has 0 aromatic heterocycles. The summed E-state index contributed by atoms with van der Waals surface area (Å²) in [6, 6.07) is 0. The second-order valence-electron chi connectivity index (χ2n) is 10.0. The summed E-state index contributed by atoms with van der Waals surface area (Å²) in [5.41, 5.74) is 2.17. The Hall–Kier alpha value is -2.70. The maximum Gasteiger partial charge on any atom is 0.334 e. The van der Waals surface area contributed by atoms with Gasteiger partial charge in [-0.15, -0.1) is 0 Å². The third-order valence-electron chi connectivity index (χ3n) is 7.23. The molecule has 7 nitrogen and oxygen atoms in total. The second-order valence-corrected chi connectivity index (χ2v) is 10.0. The number of hydrogen-bond acceptors (Lipinski definition) is 7. The molecule has 5 atom stereocenters. The third kappa shape index (κ3) is 4.68. The van der Waals surface area contributed by atoms with Gasteiger partial charge in [0, 0.05) is 12.5 Å². The van der Waals surface area contributed by atoms with Crippen LogP contribution in [0.5, 0.6) is 0 Å². The van der Waals surface area contributed by atoms with Gasteiger partial charge in [0.25, 0.3) is 0 Å². The van der Waals surface area contributed by atoms with E-state index < -0.39 is 29.7 Å². The number of allylic oxidation sites excluding steroid dienone is 2. The van der Waals surface area contributed by atoms with Crippen molar-refractivity contribution < 1.29 is 33.4 Å². The summed E-state index contributed by atoms with van der Waals surface area (Å²) in [4.78, 5) is 50.3. The van der Waals surface area contributed by atoms with E-state index in [-0.39, 0.29) is 29.6 Å². The molecule has 1 heterocycles. The largest absolute Gasteiger partial charge is 0.461 e. The molecule has 0 saturated heterocycles. The number of esters is 3. The number of ether oxygens (including phenoxy) is 3. The second kappa shape index (κ2) is 9.27. The van der Waals surface area contributed by atoms with Gasteiger partial charge in [-0.2, -0.15) is 0 Å². The van der Waals surface area contributed by atoms with E-state index in [2.05, 4.69) is 0 Å². The van der Waals surface area contributed by atoms with Gasteiger partial charge >= 0.3 is 17.9 Å². The van der Waals surface area contributed by atoms with E-state index in [9.17, 15) is 19.2 Å². The lowest BCUT2D eigenvalue weighted by molar-refractivity contribution is -0.185. The van der Waals surface area contributed by atoms with Gasteiger partial charge in [0.15, 0.2) is 11.9 Å². The van der Waals surface area contributed by atoms with Crippen molar-refractivity contribution >= 4 is 23.7 Å². The highest BCUT2D eigenvalue weighted by Gasteiger charge is 2.57. The van der Waals surface area contributed by atoms with Gasteiger partial charge in [-0.3, -0.25) is 14.4 Å². The molecule has 0 amide bonds. The van der Waals surface area contributed by atoms with Crippen LogP contribution in [0, 0.1) is 17.3 Å². The Morgan fingerprint density at radius 1 is 1.15 bits per heavy atom. The van der Waals surface area contributed by atoms with Crippen molar-refractivity contribution in [1.82, 2.24) is 0 Å². The molecule has 3 rings (SSSR count). The zero-order valence-electron chi connectivity index (χ0n) is 20.5. The molecule has 7 heteroatoms. The van der Waals surface area contributed by atoms with Gasteiger partial charge in [-0.05, 0) is 63.7 Å². The summed E-state index contributed by atoms with van der Waals surface area (Å²) < 4.78 is 17.2. The maximum atomic E-state index is 13.1. The first-order valence-electron chi connectivity index (χ1n) is 11.5. The van der Waals surface area contributed by atoms with Crippen LogP contribution in [0.2, 0.25) is 0 Å². The Morgan fingerprint density at radius 2 is 1.82 bits per heavy atom. The Kier molecular flexibility index (Phi) is 7.01. The normalized spacial score (nSPS) is 33.9. The van der Waals surface area contributed by atoms with Gasteiger partial charge in [-0.25, -0.2) is 4.79 Å². The fourth-order valence-electron chi connectivity index (χ4n) is 5.22. The van der Waals surface area contributed by atoms with E-state index in [0.29, 0.717) is 24.8 Å². The molecular formula is C26H34O7. The number of fused-ring (bicyclic) bond motifs is 2. The topological polar surface area (TPSA) is 96.0 Å². The van der Waals surface area contributed by atoms with E-state index in [0.717, 1.165) is 16.7 Å². The molecule has 0 spiro atoms. The zero-order chi connectivity index (χ0) is 24.7. The van der Waals surface area contributed by atoms with Crippen LogP contribution in [-0.2, 0) is 33.4 Å². The highest BCUT2D eigenvalue weighted by Crippen LogP contribution is 2.51. The number of hydrogen-bond donors (Lipinski definition) is 0. The van der Waals surface area contributed by atoms with Crippen LogP contribution in [0.25, 0.3) is 0 Å². The summed E-state index contributed by atoms with van der Waals surface area (Å²) in [5, 5.41) is 0. The zero-order valence-corrected chi connectivity index (χ0v) is 20.5. The first-order valence-corrected chi connectivity index (χ1v) is 11.5. The van der Waals surface area contributed by atoms with Crippen molar-refractivity contribution in [2.45, 2.75) is 86.0 Å². The Labute approximate surface area is 195 Å². The Bertz CT molecular complexity index is 967. The van der Waals surface area contributed by atoms with Gasteiger partial charge in [0.2, 0.25) is 0 Å². The van der Waals surface area contributed by atoms with E-state index in [1.54, 1.807) is 20.8 Å². The van der Waals surface area contributed by atoms with Crippen molar-refractivity contribution in [3.8, 4) is 0 Å². The van der Waals surface area contributed by atoms with Crippen LogP contribution in [-0.4, -0.2) is 42.0 Å². The molecule has 1 aliphatic heterocycles. The van der Waals surface area contributed by atoms with Crippen molar-refractivity contribution in [3.63, 3.8) is 0 Å². The molecule has 0 N–H and O–H groups in total. The molecule has 0 bridgehead atoms. The lowest BCUT2D eigenvalue weighted by Gasteiger charge is -2.49. The highest BCUT2D eigenvalue weighted by atomic mass is 16.6. The average Bonchev–Trinajstić information content (AvgIpc) is 2.97. The average molecular weight is 459 g/mol. The number of carbonyl (C=O) groups excluding carboxylic acids is 4. The fraction of sp³-hybridized carbons (Fsp3) is 0.615.